The van der Waals surface area contributed by atoms with Gasteiger partial charge in [-0.15, -0.1) is 0 Å². The van der Waals surface area contributed by atoms with Crippen molar-refractivity contribution in [2.75, 3.05) is 43.9 Å². The molecule has 0 radical (unpaired) electrons. The second kappa shape index (κ2) is 6.33. The van der Waals surface area contributed by atoms with Gasteiger partial charge in [-0.25, -0.2) is 0 Å². The van der Waals surface area contributed by atoms with Crippen molar-refractivity contribution in [3.63, 3.8) is 0 Å². The van der Waals surface area contributed by atoms with E-state index in [0.717, 1.165) is 44.7 Å². The maximum absolute atomic E-state index is 11.3. The van der Waals surface area contributed by atoms with Crippen LogP contribution >= 0.6 is 0 Å². The molecule has 1 aliphatic rings. The molecule has 1 fully saturated rings. The molecule has 1 aromatic carbocycles. The first-order valence-electron chi connectivity index (χ1n) is 6.84. The first kappa shape index (κ1) is 15.6. The molecule has 114 valence electrons. The van der Waals surface area contributed by atoms with Gasteiger partial charge in [-0.2, -0.15) is 13.7 Å². The third-order valence-electron chi connectivity index (χ3n) is 3.52. The summed E-state index contributed by atoms with van der Waals surface area (Å²) in [6.07, 6.45) is 0.973. The summed E-state index contributed by atoms with van der Waals surface area (Å²) in [5.74, 6) is 0.0930. The Balaban J connectivity index is 2.29. The van der Waals surface area contributed by atoms with Crippen molar-refractivity contribution in [3.8, 4) is 11.8 Å². The van der Waals surface area contributed by atoms with Crippen LogP contribution in [0.1, 0.15) is 12.5 Å². The minimum absolute atomic E-state index is 0.0930. The molecule has 2 rings (SSSR count). The van der Waals surface area contributed by atoms with Crippen LogP contribution in [0.15, 0.2) is 18.2 Å². The largest absolute Gasteiger partial charge is 0.381 e. The van der Waals surface area contributed by atoms with Crippen LogP contribution in [-0.4, -0.2) is 52.3 Å². The number of nitrogens with zero attached hydrogens (tertiary/aromatic N) is 3. The number of rotatable bonds is 4. The van der Waals surface area contributed by atoms with Crippen LogP contribution < -0.4 is 9.08 Å². The molecule has 0 spiro atoms. The van der Waals surface area contributed by atoms with Gasteiger partial charge < -0.3 is 14.0 Å². The Labute approximate surface area is 125 Å². The molecule has 0 N–H and O–H groups in total. The number of nitriles is 1. The molecule has 1 aromatic rings. The molecule has 0 atom stereocenters. The molecule has 0 aliphatic carbocycles. The van der Waals surface area contributed by atoms with E-state index >= 15 is 0 Å². The van der Waals surface area contributed by atoms with Crippen LogP contribution in [0.25, 0.3) is 0 Å². The highest BCUT2D eigenvalue weighted by Gasteiger charge is 2.21. The zero-order valence-corrected chi connectivity index (χ0v) is 13.1. The Bertz CT molecular complexity index is 644. The Kier molecular flexibility index (Phi) is 4.70. The summed E-state index contributed by atoms with van der Waals surface area (Å²) >= 11 is 0. The molecule has 1 heterocycles. The summed E-state index contributed by atoms with van der Waals surface area (Å²) in [5, 5.41) is 9.36. The van der Waals surface area contributed by atoms with E-state index in [-0.39, 0.29) is 11.3 Å². The SMILES string of the molecule is CCN1CCN(c2cccc(OS(C)(=O)=O)c2C#N)CC1. The van der Waals surface area contributed by atoms with E-state index in [1.807, 2.05) is 6.07 Å². The van der Waals surface area contributed by atoms with Crippen molar-refractivity contribution in [2.24, 2.45) is 0 Å². The number of hydrogen-bond acceptors (Lipinski definition) is 6. The molecule has 0 aromatic heterocycles. The second-order valence-corrected chi connectivity index (χ2v) is 6.55. The highest BCUT2D eigenvalue weighted by atomic mass is 32.2. The van der Waals surface area contributed by atoms with Crippen LogP contribution in [0.4, 0.5) is 5.69 Å². The van der Waals surface area contributed by atoms with E-state index in [9.17, 15) is 13.7 Å². The standard InChI is InChI=1S/C14H19N3O3S/c1-3-16-7-9-17(10-8-16)13-5-4-6-14(12(13)11-15)20-21(2,18)19/h4-6H,3,7-10H2,1-2H3. The molecule has 7 heteroatoms. The van der Waals surface area contributed by atoms with E-state index in [1.54, 1.807) is 6.07 Å². The fraction of sp³-hybridized carbons (Fsp3) is 0.500. The number of anilines is 1. The van der Waals surface area contributed by atoms with Crippen molar-refractivity contribution in [3.05, 3.63) is 23.8 Å². The van der Waals surface area contributed by atoms with Gasteiger partial charge in [-0.3, -0.25) is 0 Å². The zero-order valence-electron chi connectivity index (χ0n) is 12.2. The Morgan fingerprint density at radius 2 is 1.95 bits per heavy atom. The summed E-state index contributed by atoms with van der Waals surface area (Å²) in [6.45, 7) is 6.61. The molecular weight excluding hydrogens is 290 g/mol. The molecule has 6 nitrogen and oxygen atoms in total. The lowest BCUT2D eigenvalue weighted by Crippen LogP contribution is -2.46. The summed E-state index contributed by atoms with van der Waals surface area (Å²) < 4.78 is 27.5. The summed E-state index contributed by atoms with van der Waals surface area (Å²) in [7, 11) is -3.65. The smallest absolute Gasteiger partial charge is 0.306 e. The third kappa shape index (κ3) is 3.86. The van der Waals surface area contributed by atoms with E-state index in [0.29, 0.717) is 0 Å². The minimum Gasteiger partial charge on any atom is -0.381 e. The summed E-state index contributed by atoms with van der Waals surface area (Å²) in [5.41, 5.74) is 1.00. The normalized spacial score (nSPS) is 16.5. The van der Waals surface area contributed by atoms with Crippen molar-refractivity contribution >= 4 is 15.8 Å². The molecule has 21 heavy (non-hydrogen) atoms. The predicted octanol–water partition coefficient (Wildman–Crippen LogP) is 1.04. The molecule has 1 saturated heterocycles. The fourth-order valence-electron chi connectivity index (χ4n) is 2.43. The van der Waals surface area contributed by atoms with Gasteiger partial charge >= 0.3 is 10.1 Å². The fourth-order valence-corrected chi connectivity index (χ4v) is 2.90. The van der Waals surface area contributed by atoms with Gasteiger partial charge in [0.15, 0.2) is 5.75 Å². The van der Waals surface area contributed by atoms with Gasteiger partial charge in [-0.1, -0.05) is 13.0 Å². The summed E-state index contributed by atoms with van der Waals surface area (Å²) in [4.78, 5) is 4.43. The lowest BCUT2D eigenvalue weighted by Gasteiger charge is -2.36. The number of benzene rings is 1. The van der Waals surface area contributed by atoms with Crippen LogP contribution in [0.2, 0.25) is 0 Å². The number of piperazine rings is 1. The monoisotopic (exact) mass is 309 g/mol. The Hall–Kier alpha value is -1.78. The number of hydrogen-bond donors (Lipinski definition) is 0. The van der Waals surface area contributed by atoms with Crippen LogP contribution in [-0.2, 0) is 10.1 Å². The third-order valence-corrected chi connectivity index (χ3v) is 4.00. The minimum atomic E-state index is -3.65. The van der Waals surface area contributed by atoms with Crippen molar-refractivity contribution in [2.45, 2.75) is 6.92 Å². The summed E-state index contributed by atoms with van der Waals surface area (Å²) in [6, 6.07) is 7.11. The Morgan fingerprint density at radius 3 is 2.48 bits per heavy atom. The quantitative estimate of drug-likeness (QED) is 0.774. The van der Waals surface area contributed by atoms with E-state index in [1.165, 1.54) is 6.07 Å². The topological polar surface area (TPSA) is 73.6 Å². The first-order chi connectivity index (χ1) is 9.94. The van der Waals surface area contributed by atoms with Gasteiger partial charge in [0.05, 0.1) is 11.9 Å². The maximum atomic E-state index is 11.3. The van der Waals surface area contributed by atoms with E-state index in [2.05, 4.69) is 22.8 Å². The van der Waals surface area contributed by atoms with Crippen molar-refractivity contribution in [1.82, 2.24) is 4.90 Å². The zero-order chi connectivity index (χ0) is 15.5. The van der Waals surface area contributed by atoms with Gasteiger partial charge in [0.25, 0.3) is 0 Å². The lowest BCUT2D eigenvalue weighted by molar-refractivity contribution is 0.271. The molecule has 0 amide bonds. The predicted molar refractivity (Wildman–Crippen MR) is 81.0 cm³/mol. The molecule has 0 unspecified atom stereocenters. The average Bonchev–Trinajstić information content (AvgIpc) is 2.45. The van der Waals surface area contributed by atoms with Gasteiger partial charge in [-0.05, 0) is 18.7 Å². The van der Waals surface area contributed by atoms with Gasteiger partial charge in [0.1, 0.15) is 11.6 Å². The molecule has 0 bridgehead atoms. The molecule has 0 saturated carbocycles. The molecular formula is C14H19N3O3S. The van der Waals surface area contributed by atoms with E-state index in [4.69, 9.17) is 4.18 Å². The second-order valence-electron chi connectivity index (χ2n) is 4.97. The average molecular weight is 309 g/mol. The van der Waals surface area contributed by atoms with E-state index < -0.39 is 10.1 Å². The van der Waals surface area contributed by atoms with Gasteiger partial charge in [0, 0.05) is 26.2 Å². The molecule has 1 aliphatic heterocycles. The number of likely N-dealkylation sites (N-methyl/N-ethyl adjacent to an activating group) is 1. The Morgan fingerprint density at radius 1 is 1.29 bits per heavy atom. The van der Waals surface area contributed by atoms with Crippen molar-refractivity contribution < 1.29 is 12.6 Å². The van der Waals surface area contributed by atoms with Crippen LogP contribution in [0.3, 0.4) is 0 Å². The van der Waals surface area contributed by atoms with Crippen molar-refractivity contribution in [1.29, 1.82) is 5.26 Å². The highest BCUT2D eigenvalue weighted by molar-refractivity contribution is 7.86. The lowest BCUT2D eigenvalue weighted by atomic mass is 10.1. The van der Waals surface area contributed by atoms with Gasteiger partial charge in [0.2, 0.25) is 0 Å². The van der Waals surface area contributed by atoms with Crippen LogP contribution in [0, 0.1) is 11.3 Å². The highest BCUT2D eigenvalue weighted by Crippen LogP contribution is 2.30. The first-order valence-corrected chi connectivity index (χ1v) is 8.66. The maximum Gasteiger partial charge on any atom is 0.306 e. The van der Waals surface area contributed by atoms with Crippen LogP contribution in [0.5, 0.6) is 5.75 Å².